The highest BCUT2D eigenvalue weighted by molar-refractivity contribution is 6.42. The van der Waals surface area contributed by atoms with Crippen molar-refractivity contribution in [1.29, 1.82) is 0 Å². The molecule has 1 saturated heterocycles. The summed E-state index contributed by atoms with van der Waals surface area (Å²) in [5.74, 6) is 0.0233. The molecule has 6 heteroatoms. The largest absolute Gasteiger partial charge is 0.370 e. The molecule has 4 nitrogen and oxygen atoms in total. The highest BCUT2D eigenvalue weighted by Gasteiger charge is 2.27. The number of aryl methyl sites for hydroxylation is 1. The van der Waals surface area contributed by atoms with Crippen LogP contribution in [0, 0.1) is 0 Å². The normalized spacial score (nSPS) is 17.7. The number of hydrogen-bond acceptors (Lipinski definition) is 2. The van der Waals surface area contributed by atoms with Crippen molar-refractivity contribution in [2.24, 2.45) is 7.05 Å². The van der Waals surface area contributed by atoms with E-state index in [1.807, 2.05) is 53.0 Å². The van der Waals surface area contributed by atoms with Gasteiger partial charge in [0.25, 0.3) is 5.91 Å². The molecule has 0 radical (unpaired) electrons. The SMILES string of the molecule is Cn1ccc2c(C(=O)N3CCOC(c4ccc(Cl)c(Cl)c4)C3)cccc21. The number of aromatic nitrogens is 1. The van der Waals surface area contributed by atoms with Gasteiger partial charge in [0.05, 0.1) is 23.2 Å². The van der Waals surface area contributed by atoms with Crippen LogP contribution in [0.1, 0.15) is 22.0 Å². The molecule has 1 atom stereocenters. The molecule has 134 valence electrons. The second-order valence-corrected chi connectivity index (χ2v) is 7.26. The molecule has 1 aliphatic heterocycles. The fourth-order valence-electron chi connectivity index (χ4n) is 3.41. The van der Waals surface area contributed by atoms with Crippen LogP contribution in [0.25, 0.3) is 10.9 Å². The third-order valence-electron chi connectivity index (χ3n) is 4.83. The third-order valence-corrected chi connectivity index (χ3v) is 5.57. The number of fused-ring (bicyclic) bond motifs is 1. The number of morpholine rings is 1. The molecule has 1 fully saturated rings. The van der Waals surface area contributed by atoms with Crippen LogP contribution >= 0.6 is 23.2 Å². The highest BCUT2D eigenvalue weighted by Crippen LogP contribution is 2.30. The molecule has 3 aromatic rings. The van der Waals surface area contributed by atoms with E-state index in [0.717, 1.165) is 22.0 Å². The second kappa shape index (κ2) is 6.95. The summed E-state index contributed by atoms with van der Waals surface area (Å²) in [6.45, 7) is 1.54. The fraction of sp³-hybridized carbons (Fsp3) is 0.250. The van der Waals surface area contributed by atoms with Gasteiger partial charge in [0.1, 0.15) is 6.10 Å². The van der Waals surface area contributed by atoms with Crippen LogP contribution in [0.2, 0.25) is 10.0 Å². The van der Waals surface area contributed by atoms with E-state index in [4.69, 9.17) is 27.9 Å². The number of ether oxygens (including phenoxy) is 1. The van der Waals surface area contributed by atoms with E-state index in [1.54, 1.807) is 12.1 Å². The van der Waals surface area contributed by atoms with E-state index in [1.165, 1.54) is 0 Å². The maximum absolute atomic E-state index is 13.1. The van der Waals surface area contributed by atoms with Gasteiger partial charge < -0.3 is 14.2 Å². The van der Waals surface area contributed by atoms with Crippen molar-refractivity contribution < 1.29 is 9.53 Å². The Morgan fingerprint density at radius 3 is 2.81 bits per heavy atom. The summed E-state index contributed by atoms with van der Waals surface area (Å²) in [5.41, 5.74) is 2.69. The maximum Gasteiger partial charge on any atom is 0.254 e. The topological polar surface area (TPSA) is 34.5 Å². The lowest BCUT2D eigenvalue weighted by Gasteiger charge is -2.33. The number of amides is 1. The van der Waals surface area contributed by atoms with Gasteiger partial charge in [-0.2, -0.15) is 0 Å². The molecule has 2 heterocycles. The van der Waals surface area contributed by atoms with E-state index in [9.17, 15) is 4.79 Å². The minimum absolute atomic E-state index is 0.0233. The van der Waals surface area contributed by atoms with E-state index in [-0.39, 0.29) is 12.0 Å². The standard InChI is InChI=1S/C20H18Cl2N2O2/c1-23-8-7-14-15(3-2-4-18(14)23)20(25)24-9-10-26-19(12-24)13-5-6-16(21)17(22)11-13/h2-8,11,19H,9-10,12H2,1H3. The molecule has 0 aliphatic carbocycles. The van der Waals surface area contributed by atoms with Gasteiger partial charge in [-0.25, -0.2) is 0 Å². The number of halogens is 2. The minimum atomic E-state index is -0.211. The van der Waals surface area contributed by atoms with Crippen LogP contribution < -0.4 is 0 Å². The molecular formula is C20H18Cl2N2O2. The van der Waals surface area contributed by atoms with Crippen molar-refractivity contribution in [1.82, 2.24) is 9.47 Å². The van der Waals surface area contributed by atoms with E-state index in [2.05, 4.69) is 0 Å². The summed E-state index contributed by atoms with van der Waals surface area (Å²) in [7, 11) is 1.98. The monoisotopic (exact) mass is 388 g/mol. The van der Waals surface area contributed by atoms with Gasteiger partial charge in [-0.3, -0.25) is 4.79 Å². The van der Waals surface area contributed by atoms with Crippen LogP contribution in [0.4, 0.5) is 0 Å². The van der Waals surface area contributed by atoms with Gasteiger partial charge in [-0.15, -0.1) is 0 Å². The Morgan fingerprint density at radius 1 is 1.15 bits per heavy atom. The molecule has 2 aromatic carbocycles. The number of nitrogens with zero attached hydrogens (tertiary/aromatic N) is 2. The molecular weight excluding hydrogens is 371 g/mol. The number of benzene rings is 2. The Bertz CT molecular complexity index is 983. The first-order valence-electron chi connectivity index (χ1n) is 8.44. The molecule has 4 rings (SSSR count). The van der Waals surface area contributed by atoms with Crippen molar-refractivity contribution in [3.63, 3.8) is 0 Å². The third kappa shape index (κ3) is 3.09. The van der Waals surface area contributed by atoms with Crippen molar-refractivity contribution in [2.75, 3.05) is 19.7 Å². The zero-order chi connectivity index (χ0) is 18.3. The Morgan fingerprint density at radius 2 is 2.00 bits per heavy atom. The lowest BCUT2D eigenvalue weighted by molar-refractivity contribution is -0.0227. The zero-order valence-electron chi connectivity index (χ0n) is 14.3. The summed E-state index contributed by atoms with van der Waals surface area (Å²) in [6.07, 6.45) is 1.76. The molecule has 1 aromatic heterocycles. The molecule has 1 unspecified atom stereocenters. The van der Waals surface area contributed by atoms with Gasteiger partial charge in [-0.05, 0) is 35.9 Å². The average molecular weight is 389 g/mol. The van der Waals surface area contributed by atoms with E-state index >= 15 is 0 Å². The zero-order valence-corrected chi connectivity index (χ0v) is 15.8. The van der Waals surface area contributed by atoms with Gasteiger partial charge in [0, 0.05) is 36.3 Å². The Labute approximate surface area is 161 Å². The number of carbonyl (C=O) groups is 1. The molecule has 0 saturated carbocycles. The van der Waals surface area contributed by atoms with Gasteiger partial charge in [-0.1, -0.05) is 35.3 Å². The fourth-order valence-corrected chi connectivity index (χ4v) is 3.71. The minimum Gasteiger partial charge on any atom is -0.370 e. The molecule has 1 aliphatic rings. The summed E-state index contributed by atoms with van der Waals surface area (Å²) >= 11 is 12.1. The number of hydrogen-bond donors (Lipinski definition) is 0. The van der Waals surface area contributed by atoms with Crippen molar-refractivity contribution in [3.8, 4) is 0 Å². The molecule has 0 N–H and O–H groups in total. The van der Waals surface area contributed by atoms with Crippen LogP contribution in [-0.4, -0.2) is 35.1 Å². The first-order chi connectivity index (χ1) is 12.5. The van der Waals surface area contributed by atoms with Crippen molar-refractivity contribution in [3.05, 3.63) is 69.8 Å². The predicted octanol–water partition coefficient (Wildman–Crippen LogP) is 4.70. The molecule has 0 bridgehead atoms. The number of rotatable bonds is 2. The second-order valence-electron chi connectivity index (χ2n) is 6.45. The molecule has 0 spiro atoms. The molecule has 26 heavy (non-hydrogen) atoms. The van der Waals surface area contributed by atoms with E-state index in [0.29, 0.717) is 29.7 Å². The first-order valence-corrected chi connectivity index (χ1v) is 9.20. The molecule has 1 amide bonds. The Kier molecular flexibility index (Phi) is 4.65. The van der Waals surface area contributed by atoms with Crippen LogP contribution in [-0.2, 0) is 11.8 Å². The van der Waals surface area contributed by atoms with Crippen molar-refractivity contribution in [2.45, 2.75) is 6.10 Å². The Hall–Kier alpha value is -2.01. The van der Waals surface area contributed by atoms with Gasteiger partial charge >= 0.3 is 0 Å². The number of carbonyl (C=O) groups excluding carboxylic acids is 1. The average Bonchev–Trinajstić information content (AvgIpc) is 3.05. The van der Waals surface area contributed by atoms with Gasteiger partial charge in [0.2, 0.25) is 0 Å². The van der Waals surface area contributed by atoms with Gasteiger partial charge in [0.15, 0.2) is 0 Å². The van der Waals surface area contributed by atoms with Crippen molar-refractivity contribution >= 4 is 40.0 Å². The summed E-state index contributed by atoms with van der Waals surface area (Å²) in [5, 5.41) is 1.97. The smallest absolute Gasteiger partial charge is 0.254 e. The summed E-state index contributed by atoms with van der Waals surface area (Å²) < 4.78 is 7.88. The van der Waals surface area contributed by atoms with Crippen LogP contribution in [0.15, 0.2) is 48.7 Å². The summed E-state index contributed by atoms with van der Waals surface area (Å²) in [4.78, 5) is 15.0. The predicted molar refractivity (Wildman–Crippen MR) is 104 cm³/mol. The Balaban J connectivity index is 1.61. The van der Waals surface area contributed by atoms with Crippen LogP contribution in [0.3, 0.4) is 0 Å². The first kappa shape index (κ1) is 17.4. The highest BCUT2D eigenvalue weighted by atomic mass is 35.5. The maximum atomic E-state index is 13.1. The lowest BCUT2D eigenvalue weighted by atomic mass is 10.1. The van der Waals surface area contributed by atoms with E-state index < -0.39 is 0 Å². The summed E-state index contributed by atoms with van der Waals surface area (Å²) in [6, 6.07) is 13.3. The lowest BCUT2D eigenvalue weighted by Crippen LogP contribution is -2.42. The van der Waals surface area contributed by atoms with Crippen LogP contribution in [0.5, 0.6) is 0 Å². The quantitative estimate of drug-likeness (QED) is 0.637.